The Labute approximate surface area is 241 Å². The van der Waals surface area contributed by atoms with Crippen molar-refractivity contribution in [3.05, 3.63) is 145 Å². The minimum absolute atomic E-state index is 0.0171. The number of hydrogen-bond donors (Lipinski definition) is 0. The van der Waals surface area contributed by atoms with Gasteiger partial charge in [0, 0.05) is 32.9 Å². The van der Waals surface area contributed by atoms with Crippen LogP contribution in [0.15, 0.2) is 145 Å². The van der Waals surface area contributed by atoms with Crippen LogP contribution in [0, 0.1) is 0 Å². The number of benzene rings is 6. The molecule has 0 aliphatic heterocycles. The first-order valence-corrected chi connectivity index (χ1v) is 11.8. The van der Waals surface area contributed by atoms with Gasteiger partial charge in [-0.3, -0.25) is 0 Å². The molecule has 0 bridgehead atoms. The smallest absolute Gasteiger partial charge is 0.0645 e. The molecule has 2 heterocycles. The van der Waals surface area contributed by atoms with Gasteiger partial charge in [0.2, 0.25) is 0 Å². The molecule has 2 heteroatoms. The molecule has 0 aliphatic carbocycles. The molecule has 178 valence electrons. The van der Waals surface area contributed by atoms with Crippen LogP contribution >= 0.6 is 0 Å². The van der Waals surface area contributed by atoms with E-state index in [-0.39, 0.29) is 74.2 Å². The number of hydrogen-bond acceptors (Lipinski definition) is 0. The topological polar surface area (TPSA) is 9.86 Å². The number of rotatable bonds is 3. The molecular formula is C36H24N2. The molecule has 0 atom stereocenters. The molecule has 0 amide bonds. The van der Waals surface area contributed by atoms with Crippen LogP contribution in [0.1, 0.15) is 20.6 Å². The molecule has 0 spiro atoms. The zero-order chi connectivity index (χ0) is 38.1. The highest BCUT2D eigenvalue weighted by Gasteiger charge is 2.16. The maximum atomic E-state index is 8.99. The molecule has 0 N–H and O–H groups in total. The molecule has 0 radical (unpaired) electrons. The Morgan fingerprint density at radius 3 is 1.61 bits per heavy atom. The van der Waals surface area contributed by atoms with E-state index in [0.29, 0.717) is 22.2 Å². The molecule has 0 unspecified atom stereocenters. The van der Waals surface area contributed by atoms with Crippen LogP contribution in [-0.2, 0) is 0 Å². The lowest BCUT2D eigenvalue weighted by Crippen LogP contribution is -1.96. The second-order valence-electron chi connectivity index (χ2n) is 8.71. The third-order valence-electron chi connectivity index (χ3n) is 6.67. The molecule has 0 aliphatic rings. The molecule has 2 nitrogen and oxygen atoms in total. The lowest BCUT2D eigenvalue weighted by atomic mass is 10.1. The molecule has 0 saturated heterocycles. The van der Waals surface area contributed by atoms with Gasteiger partial charge in [-0.25, -0.2) is 0 Å². The number of aromatic nitrogens is 2. The van der Waals surface area contributed by atoms with E-state index >= 15 is 0 Å². The van der Waals surface area contributed by atoms with Crippen molar-refractivity contribution in [2.45, 2.75) is 0 Å². The second kappa shape index (κ2) is 8.22. The van der Waals surface area contributed by atoms with Crippen molar-refractivity contribution in [3.63, 3.8) is 0 Å². The fraction of sp³-hybridized carbons (Fsp3) is 0. The van der Waals surface area contributed by atoms with Gasteiger partial charge in [-0.15, -0.1) is 0 Å². The highest BCUT2D eigenvalue weighted by molar-refractivity contribution is 6.12. The number of para-hydroxylation sites is 3. The van der Waals surface area contributed by atoms with E-state index < -0.39 is 60.4 Å². The van der Waals surface area contributed by atoms with Crippen molar-refractivity contribution in [1.29, 1.82) is 0 Å². The first-order chi connectivity index (χ1) is 25.1. The molecule has 0 saturated carbocycles. The highest BCUT2D eigenvalue weighted by Crippen LogP contribution is 2.37. The first kappa shape index (κ1) is 11.1. The Hall–Kier alpha value is -5.08. The number of nitrogens with zero attached hydrogens (tertiary/aromatic N) is 2. The van der Waals surface area contributed by atoms with Crippen molar-refractivity contribution in [3.8, 4) is 22.5 Å². The van der Waals surface area contributed by atoms with Crippen molar-refractivity contribution in [1.82, 2.24) is 9.13 Å². The van der Waals surface area contributed by atoms with E-state index in [2.05, 4.69) is 0 Å². The van der Waals surface area contributed by atoms with Crippen LogP contribution in [0.3, 0.4) is 0 Å². The SMILES string of the molecule is [2H]c1cc([2H])c(-c2cccc(-n3c4ccc(-n5c6c([2H])c([2H])c([2H])c([2H])c6c6c([2H])c([2H])c([2H])c([2H])c65)cc4c4c([2H])c([2H])c([2H])c([2H])c43)c2)c([2H])c1. The Morgan fingerprint density at radius 1 is 0.395 bits per heavy atom. The minimum atomic E-state index is -0.573. The van der Waals surface area contributed by atoms with E-state index in [0.717, 1.165) is 0 Å². The van der Waals surface area contributed by atoms with Gasteiger partial charge < -0.3 is 9.13 Å². The zero-order valence-electron chi connectivity index (χ0n) is 34.6. The summed E-state index contributed by atoms with van der Waals surface area (Å²) in [6.07, 6.45) is 0. The van der Waals surface area contributed by atoms with E-state index in [9.17, 15) is 0 Å². The highest BCUT2D eigenvalue weighted by atomic mass is 15.0. The predicted octanol–water partition coefficient (Wildman–Crippen LogP) is 9.55. The van der Waals surface area contributed by atoms with Gasteiger partial charge in [0.05, 0.1) is 42.6 Å². The van der Waals surface area contributed by atoms with Crippen molar-refractivity contribution < 1.29 is 20.6 Å². The third kappa shape index (κ3) is 3.07. The van der Waals surface area contributed by atoms with Crippen LogP contribution in [0.5, 0.6) is 0 Å². The van der Waals surface area contributed by atoms with Crippen molar-refractivity contribution in [2.75, 3.05) is 0 Å². The van der Waals surface area contributed by atoms with Gasteiger partial charge >= 0.3 is 0 Å². The lowest BCUT2D eigenvalue weighted by molar-refractivity contribution is 1.17. The van der Waals surface area contributed by atoms with Gasteiger partial charge in [0.1, 0.15) is 0 Å². The average molecular weight is 500 g/mol. The Morgan fingerprint density at radius 2 is 0.947 bits per heavy atom. The van der Waals surface area contributed by atoms with Gasteiger partial charge in [0.15, 0.2) is 0 Å². The fourth-order valence-corrected chi connectivity index (χ4v) is 5.07. The Bertz CT molecular complexity index is 2860. The first-order valence-electron chi connectivity index (χ1n) is 19.3. The second-order valence-corrected chi connectivity index (χ2v) is 8.71. The largest absolute Gasteiger partial charge is 0.309 e. The summed E-state index contributed by atoms with van der Waals surface area (Å²) in [7, 11) is 0. The third-order valence-corrected chi connectivity index (χ3v) is 6.67. The van der Waals surface area contributed by atoms with Crippen LogP contribution in [0.2, 0.25) is 0 Å². The molecule has 38 heavy (non-hydrogen) atoms. The molecule has 0 fully saturated rings. The zero-order valence-corrected chi connectivity index (χ0v) is 19.6. The summed E-state index contributed by atoms with van der Waals surface area (Å²) in [6.45, 7) is 0. The minimum Gasteiger partial charge on any atom is -0.309 e. The summed E-state index contributed by atoms with van der Waals surface area (Å²) in [6, 6.07) is 8.29. The summed E-state index contributed by atoms with van der Waals surface area (Å²) < 4.78 is 132. The molecule has 8 aromatic rings. The van der Waals surface area contributed by atoms with Crippen molar-refractivity contribution in [2.24, 2.45) is 0 Å². The van der Waals surface area contributed by atoms with E-state index in [1.54, 1.807) is 47.0 Å². The maximum Gasteiger partial charge on any atom is 0.0645 e. The quantitative estimate of drug-likeness (QED) is 0.229. The van der Waals surface area contributed by atoms with Crippen LogP contribution < -0.4 is 0 Å². The summed E-state index contributed by atoms with van der Waals surface area (Å²) in [4.78, 5) is 0. The van der Waals surface area contributed by atoms with E-state index in [4.69, 9.17) is 20.6 Å². The molecule has 6 aromatic carbocycles. The van der Waals surface area contributed by atoms with Crippen LogP contribution in [-0.4, -0.2) is 9.13 Å². The Kier molecular flexibility index (Phi) is 2.41. The summed E-state index contributed by atoms with van der Waals surface area (Å²) in [5, 5.41) is 0.247. The number of fused-ring (bicyclic) bond motifs is 6. The summed E-state index contributed by atoms with van der Waals surface area (Å²) >= 11 is 0. The van der Waals surface area contributed by atoms with E-state index in [1.807, 2.05) is 0 Å². The molecule has 8 rings (SSSR count). The van der Waals surface area contributed by atoms with Gasteiger partial charge in [0.25, 0.3) is 0 Å². The maximum absolute atomic E-state index is 8.99. The van der Waals surface area contributed by atoms with Gasteiger partial charge in [-0.2, -0.15) is 0 Å². The fourth-order valence-electron chi connectivity index (χ4n) is 5.07. The van der Waals surface area contributed by atoms with Crippen LogP contribution in [0.25, 0.3) is 66.1 Å². The molecular weight excluding hydrogens is 460 g/mol. The van der Waals surface area contributed by atoms with E-state index in [1.165, 1.54) is 16.7 Å². The summed E-state index contributed by atoms with van der Waals surface area (Å²) in [5.74, 6) is 0. The normalized spacial score (nSPS) is 17.2. The standard InChI is InChI=1S/C36H24N2/c1-2-11-25(12-3-1)26-13-10-14-27(23-26)37-35-20-9-6-17-31(35)32-24-28(21-22-36(32)37)38-33-18-7-4-15-29(33)30-16-5-8-19-34(30)38/h1-24H/i1D,4D,5D,6D,7D,8D,9D,11D,12D,15D,16D,17D,18D,19D,20D. The van der Waals surface area contributed by atoms with Crippen LogP contribution in [0.4, 0.5) is 0 Å². The van der Waals surface area contributed by atoms with Gasteiger partial charge in [-0.1, -0.05) is 96.8 Å². The average Bonchev–Trinajstić information content (AvgIpc) is 3.67. The lowest BCUT2D eigenvalue weighted by Gasteiger charge is -2.11. The van der Waals surface area contributed by atoms with Crippen molar-refractivity contribution >= 4 is 43.6 Å². The Balaban J connectivity index is 1.53. The molecule has 2 aromatic heterocycles. The predicted molar refractivity (Wildman–Crippen MR) is 161 cm³/mol. The summed E-state index contributed by atoms with van der Waals surface area (Å²) in [5.41, 5.74) is 1.74. The monoisotopic (exact) mass is 499 g/mol. The van der Waals surface area contributed by atoms with Gasteiger partial charge in [-0.05, 0) is 59.6 Å².